The molecule has 1 aliphatic heterocycles. The van der Waals surface area contributed by atoms with Gasteiger partial charge in [-0.3, -0.25) is 14.4 Å². The van der Waals surface area contributed by atoms with Crippen LogP contribution in [-0.2, 0) is 0 Å². The first kappa shape index (κ1) is 17.0. The van der Waals surface area contributed by atoms with Crippen molar-refractivity contribution in [2.75, 3.05) is 4.90 Å². The minimum absolute atomic E-state index is 0.141. The van der Waals surface area contributed by atoms with Gasteiger partial charge in [0.1, 0.15) is 0 Å². The Morgan fingerprint density at radius 1 is 1.00 bits per heavy atom. The molecule has 0 atom stereocenters. The summed E-state index contributed by atoms with van der Waals surface area (Å²) in [6.07, 6.45) is 0. The van der Waals surface area contributed by atoms with Gasteiger partial charge < -0.3 is 5.73 Å². The molecule has 0 aliphatic carbocycles. The van der Waals surface area contributed by atoms with Crippen molar-refractivity contribution < 1.29 is 27.6 Å². The molecule has 5 nitrogen and oxygen atoms in total. The molecule has 128 valence electrons. The molecular weight excluding hydrogens is 357 g/mol. The number of alkyl halides is 3. The number of primary amides is 1. The number of halogens is 3. The summed E-state index contributed by atoms with van der Waals surface area (Å²) in [7, 11) is 0. The highest BCUT2D eigenvalue weighted by atomic mass is 32.2. The molecule has 0 saturated heterocycles. The number of hydrogen-bond acceptors (Lipinski definition) is 4. The van der Waals surface area contributed by atoms with Crippen LogP contribution in [0.4, 0.5) is 18.9 Å². The second-order valence-electron chi connectivity index (χ2n) is 5.12. The molecule has 2 N–H and O–H groups in total. The van der Waals surface area contributed by atoms with Gasteiger partial charge in [-0.05, 0) is 42.1 Å². The van der Waals surface area contributed by atoms with E-state index in [4.69, 9.17) is 5.73 Å². The first-order valence-corrected chi connectivity index (χ1v) is 7.67. The van der Waals surface area contributed by atoms with E-state index in [0.717, 1.165) is 23.1 Å². The van der Waals surface area contributed by atoms with Gasteiger partial charge in [-0.1, -0.05) is 12.1 Å². The van der Waals surface area contributed by atoms with Crippen molar-refractivity contribution in [3.8, 4) is 0 Å². The number of imide groups is 1. The fraction of sp³-hybridized carbons (Fsp3) is 0.0625. The van der Waals surface area contributed by atoms with E-state index < -0.39 is 35.0 Å². The van der Waals surface area contributed by atoms with Gasteiger partial charge in [0.05, 0.1) is 16.8 Å². The van der Waals surface area contributed by atoms with Gasteiger partial charge in [-0.2, -0.15) is 13.2 Å². The molecular formula is C16H9F3N2O3S. The van der Waals surface area contributed by atoms with Crippen LogP contribution < -0.4 is 10.6 Å². The maximum atomic E-state index is 12.7. The first-order chi connectivity index (χ1) is 11.7. The smallest absolute Gasteiger partial charge is 0.366 e. The lowest BCUT2D eigenvalue weighted by Gasteiger charge is -2.16. The molecule has 25 heavy (non-hydrogen) atoms. The third-order valence-corrected chi connectivity index (χ3v) is 4.16. The summed E-state index contributed by atoms with van der Waals surface area (Å²) >= 11 is -0.465. The fourth-order valence-electron chi connectivity index (χ4n) is 2.47. The Labute approximate surface area is 143 Å². The zero-order valence-corrected chi connectivity index (χ0v) is 13.1. The number of amides is 3. The number of rotatable bonds is 3. The van der Waals surface area contributed by atoms with E-state index in [0.29, 0.717) is 0 Å². The second kappa shape index (κ2) is 5.92. The summed E-state index contributed by atoms with van der Waals surface area (Å²) in [5, 5.41) is 0. The summed E-state index contributed by atoms with van der Waals surface area (Å²) < 4.78 is 38.0. The Balaban J connectivity index is 2.10. The quantitative estimate of drug-likeness (QED) is 0.668. The number of thioether (sulfide) groups is 1. The van der Waals surface area contributed by atoms with Crippen LogP contribution >= 0.6 is 11.8 Å². The van der Waals surface area contributed by atoms with E-state index in [-0.39, 0.29) is 27.3 Å². The van der Waals surface area contributed by atoms with Crippen molar-refractivity contribution in [2.24, 2.45) is 5.73 Å². The van der Waals surface area contributed by atoms with E-state index in [2.05, 4.69) is 0 Å². The maximum Gasteiger partial charge on any atom is 0.446 e. The van der Waals surface area contributed by atoms with Crippen LogP contribution in [0.3, 0.4) is 0 Å². The third kappa shape index (κ3) is 3.22. The summed E-state index contributed by atoms with van der Waals surface area (Å²) in [6.45, 7) is 0. The van der Waals surface area contributed by atoms with Gasteiger partial charge in [0.2, 0.25) is 5.91 Å². The summed E-state index contributed by atoms with van der Waals surface area (Å²) in [6, 6.07) is 9.12. The molecule has 0 fully saturated rings. The molecule has 3 rings (SSSR count). The van der Waals surface area contributed by atoms with Crippen LogP contribution in [0.25, 0.3) is 0 Å². The van der Waals surface area contributed by atoms with Crippen LogP contribution in [0.1, 0.15) is 31.1 Å². The second-order valence-corrected chi connectivity index (χ2v) is 6.26. The molecule has 2 aromatic carbocycles. The van der Waals surface area contributed by atoms with E-state index >= 15 is 0 Å². The fourth-order valence-corrected chi connectivity index (χ4v) is 3.10. The van der Waals surface area contributed by atoms with Crippen molar-refractivity contribution in [1.82, 2.24) is 0 Å². The normalized spacial score (nSPS) is 14.0. The number of nitrogens with two attached hydrogens (primary N) is 1. The maximum absolute atomic E-state index is 12.7. The average molecular weight is 366 g/mol. The molecule has 0 aromatic heterocycles. The molecule has 1 aliphatic rings. The van der Waals surface area contributed by atoms with Crippen LogP contribution in [0.15, 0.2) is 47.4 Å². The number of carbonyl (C=O) groups excluding carboxylic acids is 3. The van der Waals surface area contributed by atoms with Crippen molar-refractivity contribution in [1.29, 1.82) is 0 Å². The van der Waals surface area contributed by atoms with Gasteiger partial charge in [0.15, 0.2) is 0 Å². The molecule has 0 radical (unpaired) electrons. The Hall–Kier alpha value is -2.81. The number of nitrogens with zero attached hydrogens (tertiary/aromatic N) is 1. The van der Waals surface area contributed by atoms with Crippen molar-refractivity contribution in [3.05, 3.63) is 59.2 Å². The SMILES string of the molecule is NC(=O)c1cc(SC(F)(F)F)cc(N2C(=O)c3ccccc3C2=O)c1. The van der Waals surface area contributed by atoms with Crippen LogP contribution in [0.2, 0.25) is 0 Å². The van der Waals surface area contributed by atoms with E-state index in [1.165, 1.54) is 12.1 Å². The standard InChI is InChI=1S/C16H9F3N2O3S/c17-16(18,19)25-10-6-8(13(20)22)5-9(7-10)21-14(23)11-3-1-2-4-12(11)15(21)24/h1-7H,(H2,20,22). The zero-order chi connectivity index (χ0) is 18.4. The summed E-state index contributed by atoms with van der Waals surface area (Å²) in [5.74, 6) is -2.32. The Kier molecular flexibility index (Phi) is 4.03. The summed E-state index contributed by atoms with van der Waals surface area (Å²) in [4.78, 5) is 36.7. The van der Waals surface area contributed by atoms with Gasteiger partial charge in [0.25, 0.3) is 11.8 Å². The largest absolute Gasteiger partial charge is 0.446 e. The number of anilines is 1. The van der Waals surface area contributed by atoms with Crippen molar-refractivity contribution in [3.63, 3.8) is 0 Å². The van der Waals surface area contributed by atoms with Crippen molar-refractivity contribution >= 4 is 35.2 Å². The summed E-state index contributed by atoms with van der Waals surface area (Å²) in [5.41, 5.74) is 0.450. The minimum atomic E-state index is -4.60. The van der Waals surface area contributed by atoms with Crippen LogP contribution in [-0.4, -0.2) is 23.2 Å². The highest BCUT2D eigenvalue weighted by Crippen LogP contribution is 2.39. The number of carbonyl (C=O) groups is 3. The molecule has 0 spiro atoms. The highest BCUT2D eigenvalue weighted by molar-refractivity contribution is 8.00. The highest BCUT2D eigenvalue weighted by Gasteiger charge is 2.37. The van der Waals surface area contributed by atoms with E-state index in [9.17, 15) is 27.6 Å². The monoisotopic (exact) mass is 366 g/mol. The van der Waals surface area contributed by atoms with Gasteiger partial charge in [-0.15, -0.1) is 0 Å². The number of fused-ring (bicyclic) bond motifs is 1. The minimum Gasteiger partial charge on any atom is -0.366 e. The molecule has 0 saturated carbocycles. The Bertz CT molecular complexity index is 877. The van der Waals surface area contributed by atoms with E-state index in [1.807, 2.05) is 0 Å². The predicted molar refractivity (Wildman–Crippen MR) is 84.5 cm³/mol. The van der Waals surface area contributed by atoms with Gasteiger partial charge >= 0.3 is 5.51 Å². The van der Waals surface area contributed by atoms with Crippen LogP contribution in [0.5, 0.6) is 0 Å². The molecule has 9 heteroatoms. The zero-order valence-electron chi connectivity index (χ0n) is 12.3. The molecule has 1 heterocycles. The lowest BCUT2D eigenvalue weighted by Crippen LogP contribution is -2.29. The van der Waals surface area contributed by atoms with E-state index in [1.54, 1.807) is 12.1 Å². The van der Waals surface area contributed by atoms with Gasteiger partial charge in [-0.25, -0.2) is 4.90 Å². The van der Waals surface area contributed by atoms with Crippen LogP contribution in [0, 0.1) is 0 Å². The lowest BCUT2D eigenvalue weighted by atomic mass is 10.1. The van der Waals surface area contributed by atoms with Gasteiger partial charge in [0, 0.05) is 10.5 Å². The Morgan fingerprint density at radius 3 is 2.04 bits per heavy atom. The molecule has 2 aromatic rings. The topological polar surface area (TPSA) is 80.5 Å². The molecule has 0 unspecified atom stereocenters. The molecule has 0 bridgehead atoms. The predicted octanol–water partition coefficient (Wildman–Crippen LogP) is 3.20. The average Bonchev–Trinajstić information content (AvgIpc) is 2.77. The Morgan fingerprint density at radius 2 is 1.56 bits per heavy atom. The number of benzene rings is 2. The molecule has 3 amide bonds. The van der Waals surface area contributed by atoms with Crippen molar-refractivity contribution in [2.45, 2.75) is 10.4 Å². The third-order valence-electron chi connectivity index (χ3n) is 3.46. The first-order valence-electron chi connectivity index (χ1n) is 6.86. The number of hydrogen-bond donors (Lipinski definition) is 1. The lowest BCUT2D eigenvalue weighted by molar-refractivity contribution is -0.0328.